The number of anilines is 1. The Kier molecular flexibility index (Phi) is 5.81. The van der Waals surface area contributed by atoms with Gasteiger partial charge in [-0.05, 0) is 25.7 Å². The van der Waals surface area contributed by atoms with Crippen molar-refractivity contribution in [2.75, 3.05) is 12.0 Å². The highest BCUT2D eigenvalue weighted by molar-refractivity contribution is 7.91. The van der Waals surface area contributed by atoms with Crippen molar-refractivity contribution in [3.63, 3.8) is 0 Å². The molecule has 3 atom stereocenters. The topological polar surface area (TPSA) is 178 Å². The second-order valence-electron chi connectivity index (χ2n) is 10.6. The number of fused-ring (bicyclic) bond motifs is 3. The molecule has 5 aromatic rings. The third-order valence-corrected chi connectivity index (χ3v) is 9.18. The molecule has 7 rings (SSSR count). The van der Waals surface area contributed by atoms with Gasteiger partial charge in [-0.2, -0.15) is 25.0 Å². The Morgan fingerprint density at radius 1 is 1.00 bits per heavy atom. The fraction of sp³-hybridized carbons (Fsp3) is 0.296. The summed E-state index contributed by atoms with van der Waals surface area (Å²) in [5.74, 6) is 0.202. The van der Waals surface area contributed by atoms with E-state index in [-0.39, 0.29) is 40.3 Å². The number of aromatic amines is 1. The number of nitrogens with two attached hydrogens (primary N) is 1. The van der Waals surface area contributed by atoms with Gasteiger partial charge in [0.1, 0.15) is 10.7 Å². The Morgan fingerprint density at radius 3 is 2.34 bits per heavy atom. The number of carbonyl (C=O) groups is 1. The van der Waals surface area contributed by atoms with Gasteiger partial charge in [0.25, 0.3) is 5.91 Å². The number of amides is 1. The number of nitrogens with zero attached hydrogens (tertiary/aromatic N) is 8. The molecule has 1 unspecified atom stereocenters. The highest BCUT2D eigenvalue weighted by Crippen LogP contribution is 2.45. The standard InChI is InChI=1S/C27H26N10O3S/c1-41(39,40)23-22(16-9-18-7-8-19(10-16)36(18)27(38)21-14-31-35-34-21)33-26-20(13-32-37(26)24(23)28)17-11-29-25(30-12-17)15-5-3-2-4-6-15/h2-6,11-14,16,18-19H,7-10,28H2,1H3,(H,31,34,35)/t16?,18-,19+. The Bertz CT molecular complexity index is 1860. The van der Waals surface area contributed by atoms with Crippen molar-refractivity contribution in [2.24, 2.45) is 0 Å². The first kappa shape index (κ1) is 25.3. The smallest absolute Gasteiger partial charge is 0.276 e. The maximum atomic E-state index is 13.1. The van der Waals surface area contributed by atoms with Crippen molar-refractivity contribution in [3.05, 3.63) is 66.5 Å². The zero-order valence-corrected chi connectivity index (χ0v) is 22.9. The minimum atomic E-state index is -3.75. The van der Waals surface area contributed by atoms with Crippen LogP contribution in [0.4, 0.5) is 5.82 Å². The van der Waals surface area contributed by atoms with Gasteiger partial charge in [-0.1, -0.05) is 30.3 Å². The normalized spacial score (nSPS) is 20.5. The zero-order valence-electron chi connectivity index (χ0n) is 22.0. The summed E-state index contributed by atoms with van der Waals surface area (Å²) < 4.78 is 27.5. The number of benzene rings is 1. The molecule has 41 heavy (non-hydrogen) atoms. The summed E-state index contributed by atoms with van der Waals surface area (Å²) in [6, 6.07) is 9.50. The van der Waals surface area contributed by atoms with Crippen LogP contribution in [-0.4, -0.2) is 77.5 Å². The fourth-order valence-corrected chi connectivity index (χ4v) is 7.31. The van der Waals surface area contributed by atoms with Crippen LogP contribution in [0.5, 0.6) is 0 Å². The summed E-state index contributed by atoms with van der Waals surface area (Å²) in [6.07, 6.45) is 10.3. The van der Waals surface area contributed by atoms with E-state index in [0.29, 0.717) is 41.1 Å². The van der Waals surface area contributed by atoms with Crippen LogP contribution in [0.1, 0.15) is 47.8 Å². The van der Waals surface area contributed by atoms with E-state index in [0.717, 1.165) is 24.7 Å². The summed E-state index contributed by atoms with van der Waals surface area (Å²) >= 11 is 0. The minimum Gasteiger partial charge on any atom is -0.382 e. The van der Waals surface area contributed by atoms with Gasteiger partial charge in [0.05, 0.1) is 18.1 Å². The molecule has 0 saturated carbocycles. The number of nitrogens with one attached hydrogen (secondary N) is 1. The molecule has 6 heterocycles. The Labute approximate surface area is 234 Å². The summed E-state index contributed by atoms with van der Waals surface area (Å²) in [7, 11) is -3.75. The second-order valence-corrected chi connectivity index (χ2v) is 12.5. The van der Waals surface area contributed by atoms with E-state index in [1.54, 1.807) is 18.6 Å². The molecule has 1 aromatic carbocycles. The maximum Gasteiger partial charge on any atom is 0.276 e. The minimum absolute atomic E-state index is 0.00836. The number of piperidine rings is 1. The number of rotatable bonds is 5. The summed E-state index contributed by atoms with van der Waals surface area (Å²) in [5, 5.41) is 14.6. The number of hydrogen-bond donors (Lipinski definition) is 2. The molecule has 0 aliphatic carbocycles. The van der Waals surface area contributed by atoms with Crippen LogP contribution in [0, 0.1) is 0 Å². The molecular formula is C27H26N10O3S. The number of hydrogen-bond acceptors (Lipinski definition) is 10. The van der Waals surface area contributed by atoms with Crippen LogP contribution in [0.2, 0.25) is 0 Å². The van der Waals surface area contributed by atoms with Gasteiger partial charge >= 0.3 is 0 Å². The Morgan fingerprint density at radius 2 is 1.71 bits per heavy atom. The number of sulfone groups is 1. The monoisotopic (exact) mass is 570 g/mol. The van der Waals surface area contributed by atoms with Crippen LogP contribution >= 0.6 is 0 Å². The van der Waals surface area contributed by atoms with Gasteiger partial charge in [-0.25, -0.2) is 23.4 Å². The van der Waals surface area contributed by atoms with Crippen molar-refractivity contribution >= 4 is 27.2 Å². The molecule has 4 aromatic heterocycles. The van der Waals surface area contributed by atoms with Crippen LogP contribution in [-0.2, 0) is 9.84 Å². The largest absolute Gasteiger partial charge is 0.382 e. The number of aromatic nitrogens is 8. The lowest BCUT2D eigenvalue weighted by molar-refractivity contribution is 0.0562. The van der Waals surface area contributed by atoms with E-state index < -0.39 is 9.84 Å². The van der Waals surface area contributed by atoms with Crippen LogP contribution < -0.4 is 5.73 Å². The quantitative estimate of drug-likeness (QED) is 0.319. The molecule has 2 saturated heterocycles. The first-order chi connectivity index (χ1) is 19.8. The molecule has 2 fully saturated rings. The van der Waals surface area contributed by atoms with Gasteiger partial charge in [0.15, 0.2) is 27.0 Å². The Balaban J connectivity index is 1.29. The van der Waals surface area contributed by atoms with Gasteiger partial charge in [-0.3, -0.25) is 4.79 Å². The number of H-pyrrole nitrogens is 1. The third kappa shape index (κ3) is 4.22. The molecule has 2 aliphatic heterocycles. The molecular weight excluding hydrogens is 544 g/mol. The lowest BCUT2D eigenvalue weighted by atomic mass is 9.87. The van der Waals surface area contributed by atoms with Gasteiger partial charge < -0.3 is 10.6 Å². The molecule has 13 nitrogen and oxygen atoms in total. The van der Waals surface area contributed by atoms with E-state index in [9.17, 15) is 13.2 Å². The molecule has 208 valence electrons. The van der Waals surface area contributed by atoms with E-state index in [2.05, 4.69) is 30.5 Å². The highest BCUT2D eigenvalue weighted by atomic mass is 32.2. The van der Waals surface area contributed by atoms with E-state index >= 15 is 0 Å². The predicted octanol–water partition coefficient (Wildman–Crippen LogP) is 2.51. The van der Waals surface area contributed by atoms with Crippen LogP contribution in [0.3, 0.4) is 0 Å². The first-order valence-corrected chi connectivity index (χ1v) is 15.1. The number of nitrogen functional groups attached to an aromatic ring is 1. The zero-order chi connectivity index (χ0) is 28.3. The van der Waals surface area contributed by atoms with E-state index in [1.165, 1.54) is 10.7 Å². The fourth-order valence-electron chi connectivity index (χ4n) is 6.25. The summed E-state index contributed by atoms with van der Waals surface area (Å²) in [4.78, 5) is 29.0. The molecule has 14 heteroatoms. The summed E-state index contributed by atoms with van der Waals surface area (Å²) in [5.41, 5.74) is 9.81. The van der Waals surface area contributed by atoms with Crippen molar-refractivity contribution in [1.82, 2.24) is 44.9 Å². The average molecular weight is 571 g/mol. The van der Waals surface area contributed by atoms with Crippen LogP contribution in [0.15, 0.2) is 60.0 Å². The lowest BCUT2D eigenvalue weighted by Gasteiger charge is -2.38. The first-order valence-electron chi connectivity index (χ1n) is 13.2. The van der Waals surface area contributed by atoms with Crippen molar-refractivity contribution in [1.29, 1.82) is 0 Å². The van der Waals surface area contributed by atoms with Gasteiger partial charge in [0.2, 0.25) is 0 Å². The summed E-state index contributed by atoms with van der Waals surface area (Å²) in [6.45, 7) is 0. The molecule has 2 aliphatic rings. The van der Waals surface area contributed by atoms with E-state index in [1.807, 2.05) is 35.2 Å². The molecule has 0 radical (unpaired) electrons. The molecule has 0 spiro atoms. The van der Waals surface area contributed by atoms with Crippen molar-refractivity contribution in [3.8, 4) is 22.5 Å². The average Bonchev–Trinajstić information content (AvgIpc) is 3.71. The second kappa shape index (κ2) is 9.44. The van der Waals surface area contributed by atoms with Crippen molar-refractivity contribution < 1.29 is 13.2 Å². The van der Waals surface area contributed by atoms with Gasteiger partial charge in [0, 0.05) is 53.3 Å². The van der Waals surface area contributed by atoms with Crippen molar-refractivity contribution in [2.45, 2.75) is 48.6 Å². The molecule has 1 amide bonds. The highest BCUT2D eigenvalue weighted by Gasteiger charge is 2.46. The molecule has 3 N–H and O–H groups in total. The Hall–Kier alpha value is -4.72. The molecule has 2 bridgehead atoms. The maximum absolute atomic E-state index is 13.1. The lowest BCUT2D eigenvalue weighted by Crippen LogP contribution is -2.46. The third-order valence-electron chi connectivity index (χ3n) is 8.02. The SMILES string of the molecule is CS(=O)(=O)c1c(C2C[C@H]3CC[C@@H](C2)N3C(=O)c2cn[nH]n2)nc2c(-c3cnc(-c4ccccc4)nc3)cnn2c1N. The van der Waals surface area contributed by atoms with E-state index in [4.69, 9.17) is 10.7 Å². The van der Waals surface area contributed by atoms with Crippen LogP contribution in [0.25, 0.3) is 28.2 Å². The predicted molar refractivity (Wildman–Crippen MR) is 148 cm³/mol. The number of carbonyl (C=O) groups excluding carboxylic acids is 1. The van der Waals surface area contributed by atoms with Gasteiger partial charge in [-0.15, -0.1) is 0 Å².